The molecule has 0 aromatic rings. The molecule has 2 atom stereocenters. The summed E-state index contributed by atoms with van der Waals surface area (Å²) in [5.74, 6) is 0.440. The first-order valence-corrected chi connectivity index (χ1v) is 5.76. The maximum atomic E-state index is 9.88. The van der Waals surface area contributed by atoms with Gasteiger partial charge in [-0.1, -0.05) is 20.8 Å². The molecule has 0 aliphatic carbocycles. The van der Waals surface area contributed by atoms with Crippen LogP contribution in [0, 0.1) is 5.92 Å². The molecule has 3 heteroatoms. The molecular formula is C12H26O3. The lowest BCUT2D eigenvalue weighted by Crippen LogP contribution is -2.42. The fraction of sp³-hybridized carbons (Fsp3) is 1.00. The summed E-state index contributed by atoms with van der Waals surface area (Å²) in [6.45, 7) is 12.2. The van der Waals surface area contributed by atoms with Crippen molar-refractivity contribution in [3.8, 4) is 0 Å². The monoisotopic (exact) mass is 218 g/mol. The molecule has 0 saturated carbocycles. The van der Waals surface area contributed by atoms with Crippen LogP contribution in [0.4, 0.5) is 0 Å². The molecule has 0 aromatic carbocycles. The number of rotatable bonds is 7. The van der Waals surface area contributed by atoms with E-state index in [9.17, 15) is 5.11 Å². The van der Waals surface area contributed by atoms with Crippen LogP contribution in [0.25, 0.3) is 0 Å². The van der Waals surface area contributed by atoms with E-state index in [1.54, 1.807) is 13.8 Å². The van der Waals surface area contributed by atoms with Crippen molar-refractivity contribution in [2.75, 3.05) is 6.61 Å². The molecule has 3 nitrogen and oxygen atoms in total. The Kier molecular flexibility index (Phi) is 6.41. The van der Waals surface area contributed by atoms with E-state index in [0.29, 0.717) is 12.5 Å². The van der Waals surface area contributed by atoms with E-state index in [0.717, 1.165) is 6.42 Å². The van der Waals surface area contributed by atoms with Crippen molar-refractivity contribution in [2.45, 2.75) is 66.0 Å². The third-order valence-corrected chi connectivity index (χ3v) is 2.09. The van der Waals surface area contributed by atoms with Gasteiger partial charge in [0.25, 0.3) is 0 Å². The molecule has 2 unspecified atom stereocenters. The Morgan fingerprint density at radius 3 is 2.07 bits per heavy atom. The van der Waals surface area contributed by atoms with Crippen LogP contribution in [-0.4, -0.2) is 29.7 Å². The molecule has 0 amide bonds. The lowest BCUT2D eigenvalue weighted by atomic mass is 10.1. The van der Waals surface area contributed by atoms with E-state index < -0.39 is 11.9 Å². The first-order valence-electron chi connectivity index (χ1n) is 5.76. The molecule has 0 spiro atoms. The van der Waals surface area contributed by atoms with Gasteiger partial charge in [0.2, 0.25) is 0 Å². The first kappa shape index (κ1) is 14.9. The van der Waals surface area contributed by atoms with E-state index in [2.05, 4.69) is 20.8 Å². The maximum absolute atomic E-state index is 9.88. The van der Waals surface area contributed by atoms with E-state index in [4.69, 9.17) is 9.47 Å². The molecule has 0 aliphatic rings. The third kappa shape index (κ3) is 6.88. The molecule has 0 heterocycles. The van der Waals surface area contributed by atoms with Gasteiger partial charge >= 0.3 is 0 Å². The van der Waals surface area contributed by atoms with Crippen LogP contribution < -0.4 is 0 Å². The van der Waals surface area contributed by atoms with Gasteiger partial charge in [-0.2, -0.15) is 0 Å². The van der Waals surface area contributed by atoms with Gasteiger partial charge in [-0.3, -0.25) is 0 Å². The summed E-state index contributed by atoms with van der Waals surface area (Å²) in [4.78, 5) is 0. The minimum absolute atomic E-state index is 0.105. The zero-order valence-electron chi connectivity index (χ0n) is 10.9. The highest BCUT2D eigenvalue weighted by atomic mass is 16.7. The van der Waals surface area contributed by atoms with Crippen LogP contribution in [-0.2, 0) is 9.47 Å². The van der Waals surface area contributed by atoms with Crippen molar-refractivity contribution in [3.05, 3.63) is 0 Å². The number of hydrogen-bond donors (Lipinski definition) is 1. The average molecular weight is 218 g/mol. The molecule has 0 aliphatic heterocycles. The summed E-state index contributed by atoms with van der Waals surface area (Å²) < 4.78 is 11.2. The topological polar surface area (TPSA) is 38.7 Å². The Balaban J connectivity index is 4.20. The zero-order chi connectivity index (χ0) is 12.1. The summed E-state index contributed by atoms with van der Waals surface area (Å²) in [7, 11) is 0. The lowest BCUT2D eigenvalue weighted by Gasteiger charge is -2.31. The second kappa shape index (κ2) is 6.46. The predicted octanol–water partition coefficient (Wildman–Crippen LogP) is 2.57. The van der Waals surface area contributed by atoms with E-state index in [1.165, 1.54) is 0 Å². The summed E-state index contributed by atoms with van der Waals surface area (Å²) >= 11 is 0. The van der Waals surface area contributed by atoms with Crippen molar-refractivity contribution in [1.82, 2.24) is 0 Å². The molecule has 0 radical (unpaired) electrons. The highest BCUT2D eigenvalue weighted by Crippen LogP contribution is 2.17. The van der Waals surface area contributed by atoms with Crippen molar-refractivity contribution in [2.24, 2.45) is 5.92 Å². The maximum Gasteiger partial charge on any atom is 0.186 e. The van der Waals surface area contributed by atoms with Gasteiger partial charge in [0.15, 0.2) is 6.29 Å². The van der Waals surface area contributed by atoms with Crippen LogP contribution in [0.2, 0.25) is 0 Å². The van der Waals surface area contributed by atoms with Gasteiger partial charge in [-0.15, -0.1) is 0 Å². The smallest absolute Gasteiger partial charge is 0.186 e. The lowest BCUT2D eigenvalue weighted by molar-refractivity contribution is -0.246. The molecule has 1 N–H and O–H groups in total. The molecular weight excluding hydrogens is 192 g/mol. The van der Waals surface area contributed by atoms with Gasteiger partial charge in [0.05, 0.1) is 12.7 Å². The van der Waals surface area contributed by atoms with Crippen molar-refractivity contribution in [3.63, 3.8) is 0 Å². The van der Waals surface area contributed by atoms with Crippen LogP contribution in [0.1, 0.15) is 48.0 Å². The highest BCUT2D eigenvalue weighted by Gasteiger charge is 2.30. The van der Waals surface area contributed by atoms with E-state index >= 15 is 0 Å². The number of ether oxygens (including phenoxy) is 2. The number of hydrogen-bond acceptors (Lipinski definition) is 3. The molecule has 0 rings (SSSR count). The van der Waals surface area contributed by atoms with Gasteiger partial charge < -0.3 is 14.6 Å². The summed E-state index contributed by atoms with van der Waals surface area (Å²) in [6, 6.07) is 0. The zero-order valence-corrected chi connectivity index (χ0v) is 10.9. The van der Waals surface area contributed by atoms with Crippen molar-refractivity contribution in [1.29, 1.82) is 0 Å². The number of aliphatic hydroxyl groups is 1. The standard InChI is InChI=1S/C12H26O3/c1-7-10(4)15-11(12(5,6)13)14-8-9(2)3/h9-11,13H,7-8H2,1-6H3. The predicted molar refractivity (Wildman–Crippen MR) is 61.7 cm³/mol. The minimum atomic E-state index is -0.960. The summed E-state index contributed by atoms with van der Waals surface area (Å²) in [5, 5.41) is 9.88. The normalized spacial score (nSPS) is 16.8. The molecule has 0 saturated heterocycles. The van der Waals surface area contributed by atoms with Crippen molar-refractivity contribution >= 4 is 0 Å². The SMILES string of the molecule is CCC(C)OC(OCC(C)C)C(C)(C)O. The van der Waals surface area contributed by atoms with E-state index in [1.807, 2.05) is 6.92 Å². The van der Waals surface area contributed by atoms with Gasteiger partial charge in [-0.25, -0.2) is 0 Å². The average Bonchev–Trinajstić information content (AvgIpc) is 2.09. The van der Waals surface area contributed by atoms with Crippen LogP contribution >= 0.6 is 0 Å². The fourth-order valence-electron chi connectivity index (χ4n) is 0.997. The van der Waals surface area contributed by atoms with Gasteiger partial charge in [0.1, 0.15) is 5.60 Å². The van der Waals surface area contributed by atoms with Crippen LogP contribution in [0.15, 0.2) is 0 Å². The Hall–Kier alpha value is -0.120. The molecule has 92 valence electrons. The minimum Gasteiger partial charge on any atom is -0.385 e. The Morgan fingerprint density at radius 1 is 1.20 bits per heavy atom. The molecule has 0 bridgehead atoms. The first-order chi connectivity index (χ1) is 6.77. The Labute approximate surface area is 93.8 Å². The van der Waals surface area contributed by atoms with Gasteiger partial charge in [0, 0.05) is 0 Å². The Bertz CT molecular complexity index is 161. The molecule has 15 heavy (non-hydrogen) atoms. The highest BCUT2D eigenvalue weighted by molar-refractivity contribution is 4.71. The fourth-order valence-corrected chi connectivity index (χ4v) is 0.997. The van der Waals surface area contributed by atoms with Crippen molar-refractivity contribution < 1.29 is 14.6 Å². The summed E-state index contributed by atoms with van der Waals surface area (Å²) in [6.07, 6.45) is 0.473. The summed E-state index contributed by atoms with van der Waals surface area (Å²) in [5.41, 5.74) is -0.960. The second-order valence-corrected chi connectivity index (χ2v) is 5.07. The van der Waals surface area contributed by atoms with Crippen LogP contribution in [0.3, 0.4) is 0 Å². The third-order valence-electron chi connectivity index (χ3n) is 2.09. The van der Waals surface area contributed by atoms with Gasteiger partial charge in [-0.05, 0) is 33.1 Å². The largest absolute Gasteiger partial charge is 0.385 e. The Morgan fingerprint density at radius 2 is 1.73 bits per heavy atom. The van der Waals surface area contributed by atoms with E-state index in [-0.39, 0.29) is 6.10 Å². The quantitative estimate of drug-likeness (QED) is 0.667. The molecule has 0 aromatic heterocycles. The second-order valence-electron chi connectivity index (χ2n) is 5.07. The van der Waals surface area contributed by atoms with Crippen LogP contribution in [0.5, 0.6) is 0 Å². The molecule has 0 fully saturated rings.